The normalized spacial score (nSPS) is 10.6. The van der Waals surface area contributed by atoms with Gasteiger partial charge in [0, 0.05) is 19.6 Å². The molecule has 416 valence electrons. The number of carboxylic acids is 2. The maximum atomic E-state index is 13.6. The average Bonchev–Trinajstić information content (AvgIpc) is 4.18. The third-order valence-electron chi connectivity index (χ3n) is 9.97. The van der Waals surface area contributed by atoms with Gasteiger partial charge in [-0.1, -0.05) is 70.0 Å². The number of rotatable bonds is 16. The first-order valence-corrected chi connectivity index (χ1v) is 25.4. The Bertz CT molecular complexity index is 3600. The summed E-state index contributed by atoms with van der Waals surface area (Å²) >= 11 is 6.68. The molecule has 29 heteroatoms. The van der Waals surface area contributed by atoms with Gasteiger partial charge >= 0.3 is 17.9 Å². The number of hydrogen-bond donors (Lipinski definition) is 4. The number of nitrogens with one attached hydrogen (secondary N) is 1. The highest BCUT2D eigenvalue weighted by molar-refractivity contribution is 7.99. The number of carboxylic acid groups (broad SMARTS) is 2. The lowest BCUT2D eigenvalue weighted by Crippen LogP contribution is -2.08. The van der Waals surface area contributed by atoms with Crippen molar-refractivity contribution in [1.82, 2.24) is 45.4 Å². The molecule has 9 rings (SSSR count). The number of halogens is 8. The van der Waals surface area contributed by atoms with Gasteiger partial charge in [-0.3, -0.25) is 0 Å². The molecule has 0 unspecified atom stereocenters. The number of nitrogens with zero attached hydrogens (tertiary/aromatic N) is 8. The number of carbonyl (C=O) groups is 3. The quantitative estimate of drug-likeness (QED) is 0.0401. The van der Waals surface area contributed by atoms with Crippen molar-refractivity contribution >= 4 is 65.8 Å². The lowest BCUT2D eigenvalue weighted by molar-refractivity contribution is 0.0513. The number of thiol groups is 1. The van der Waals surface area contributed by atoms with Gasteiger partial charge in [-0.25, -0.2) is 58.9 Å². The molecular formula is C51H39F8N9O8S4. The van der Waals surface area contributed by atoms with Crippen LogP contribution in [0.15, 0.2) is 156 Å². The van der Waals surface area contributed by atoms with E-state index in [4.69, 9.17) is 19.3 Å². The zero-order valence-electron chi connectivity index (χ0n) is 41.3. The van der Waals surface area contributed by atoms with Crippen molar-refractivity contribution in [3.8, 4) is 11.5 Å². The number of aromatic carboxylic acids is 2. The van der Waals surface area contributed by atoms with E-state index in [1.165, 1.54) is 33.6 Å². The predicted molar refractivity (Wildman–Crippen MR) is 276 cm³/mol. The average molecular weight is 1190 g/mol. The van der Waals surface area contributed by atoms with Gasteiger partial charge in [-0.05, 0) is 115 Å². The first-order valence-electron chi connectivity index (χ1n) is 22.5. The third-order valence-corrected chi connectivity index (χ3v) is 13.4. The van der Waals surface area contributed by atoms with E-state index in [1.54, 1.807) is 45.4 Å². The molecule has 3 aromatic heterocycles. The van der Waals surface area contributed by atoms with Gasteiger partial charge in [0.15, 0.2) is 51.6 Å². The number of aromatic nitrogens is 9. The minimum atomic E-state index is -1.25. The van der Waals surface area contributed by atoms with Crippen LogP contribution in [0.4, 0.5) is 35.1 Å². The summed E-state index contributed by atoms with van der Waals surface area (Å²) in [5, 5.41) is 43.5. The van der Waals surface area contributed by atoms with Gasteiger partial charge in [-0.15, -0.1) is 33.0 Å². The monoisotopic (exact) mass is 1190 g/mol. The third kappa shape index (κ3) is 17.0. The summed E-state index contributed by atoms with van der Waals surface area (Å²) in [5.74, 6) is -9.30. The molecule has 0 amide bonds. The Morgan fingerprint density at radius 1 is 0.525 bits per heavy atom. The van der Waals surface area contributed by atoms with Gasteiger partial charge in [0.1, 0.15) is 21.6 Å². The fourth-order valence-corrected chi connectivity index (χ4v) is 9.09. The van der Waals surface area contributed by atoms with Crippen molar-refractivity contribution < 1.29 is 73.9 Å². The Hall–Kier alpha value is -8.41. The van der Waals surface area contributed by atoms with E-state index < -0.39 is 64.4 Å². The number of methoxy groups -OCH3 is 2. The van der Waals surface area contributed by atoms with Crippen LogP contribution in [0.25, 0.3) is 0 Å². The minimum Gasteiger partial charge on any atom is -0.497 e. The van der Waals surface area contributed by atoms with Crippen molar-refractivity contribution in [3.05, 3.63) is 196 Å². The van der Waals surface area contributed by atoms with E-state index in [0.717, 1.165) is 94.9 Å². The topological polar surface area (TPSA) is 222 Å². The van der Waals surface area contributed by atoms with Crippen LogP contribution in [-0.2, 0) is 17.8 Å². The van der Waals surface area contributed by atoms with Crippen molar-refractivity contribution in [3.63, 3.8) is 0 Å². The molecule has 0 saturated carbocycles. The van der Waals surface area contributed by atoms with Crippen LogP contribution in [0.1, 0.15) is 49.5 Å². The fourth-order valence-electron chi connectivity index (χ4n) is 6.16. The number of esters is 1. The molecular weight excluding hydrogens is 1150 g/mol. The van der Waals surface area contributed by atoms with Crippen LogP contribution in [0.3, 0.4) is 0 Å². The fraction of sp³-hybridized carbons (Fsp3) is 0.118. The van der Waals surface area contributed by atoms with Crippen molar-refractivity contribution in [1.29, 1.82) is 0 Å². The van der Waals surface area contributed by atoms with Gasteiger partial charge < -0.3 is 24.4 Å². The van der Waals surface area contributed by atoms with Crippen LogP contribution in [-0.4, -0.2) is 94.3 Å². The molecule has 9 aromatic rings. The number of carbonyl (C=O) groups excluding carboxylic acids is 1. The van der Waals surface area contributed by atoms with Gasteiger partial charge in [0.05, 0.1) is 33.9 Å². The van der Waals surface area contributed by atoms with Crippen LogP contribution >= 0.6 is 47.9 Å². The minimum absolute atomic E-state index is 0.0186. The first-order chi connectivity index (χ1) is 38.3. The molecule has 0 radical (unpaired) electrons. The molecule has 0 aliphatic heterocycles. The second-order valence-electron chi connectivity index (χ2n) is 15.4. The SMILES string of the molecule is CCOC(=O)c1nnn(Cc2ccc(OC)cc2)c1Sc1ccc(F)c(F)c1.COc1ccc(Cn2nnc(C(=O)O)c2Sc2ccc(F)c(F)c2)cc1.Fc1ccc(S)cc1F.O=C(O)c1n[nH]nc1Sc1ccc(F)c(F)c1. The van der Waals surface area contributed by atoms with Crippen molar-refractivity contribution in [2.45, 2.75) is 54.7 Å². The molecule has 0 aliphatic carbocycles. The Labute approximate surface area is 466 Å². The van der Waals surface area contributed by atoms with Gasteiger partial charge in [0.25, 0.3) is 0 Å². The van der Waals surface area contributed by atoms with E-state index in [2.05, 4.69) is 48.7 Å². The summed E-state index contributed by atoms with van der Waals surface area (Å²) in [5.41, 5.74) is 1.24. The summed E-state index contributed by atoms with van der Waals surface area (Å²) in [6.45, 7) is 2.44. The molecule has 0 atom stereocenters. The molecule has 6 aromatic carbocycles. The van der Waals surface area contributed by atoms with E-state index in [0.29, 0.717) is 42.7 Å². The van der Waals surface area contributed by atoms with E-state index in [9.17, 15) is 54.6 Å². The van der Waals surface area contributed by atoms with E-state index in [-0.39, 0.29) is 40.3 Å². The van der Waals surface area contributed by atoms with Crippen molar-refractivity contribution in [2.75, 3.05) is 20.8 Å². The molecule has 0 spiro atoms. The lowest BCUT2D eigenvalue weighted by atomic mass is 10.2. The standard InChI is InChI=1S/C19H17F2N3O3S.C17H13F2N3O3S.C9H5F2N3O2S.C6H4F2S/c1-3-27-19(25)17-18(28-14-8-9-15(20)16(21)10-14)24(23-22-17)11-12-4-6-13(26-2)7-5-12;1-25-11-4-2-10(3-5-11)9-22-16(15(17(23)24)20-21-22)26-12-6-7-13(18)14(19)8-12;10-5-2-1-4(3-6(5)11)17-8-7(9(15)16)12-14-13-8;7-5-2-1-4(9)3-6(5)8/h4-10H,3,11H2,1-2H3;2-8H,9H2,1H3,(H,23,24);1-3H,(H,15,16)(H,12,13,14);1-3,9H. The summed E-state index contributed by atoms with van der Waals surface area (Å²) in [6, 6.07) is 28.0. The number of hydrogen-bond acceptors (Lipinski definition) is 16. The second kappa shape index (κ2) is 29.0. The summed E-state index contributed by atoms with van der Waals surface area (Å²) in [6.07, 6.45) is 0. The molecule has 80 heavy (non-hydrogen) atoms. The Kier molecular flexibility index (Phi) is 22.0. The van der Waals surface area contributed by atoms with Gasteiger partial charge in [0.2, 0.25) is 17.1 Å². The van der Waals surface area contributed by atoms with E-state index in [1.807, 2.05) is 24.3 Å². The highest BCUT2D eigenvalue weighted by atomic mass is 32.2. The molecule has 0 bridgehead atoms. The Morgan fingerprint density at radius 3 is 1.31 bits per heavy atom. The van der Waals surface area contributed by atoms with Crippen LogP contribution in [0.5, 0.6) is 11.5 Å². The number of ether oxygens (including phenoxy) is 3. The number of H-pyrrole nitrogens is 1. The molecule has 0 fully saturated rings. The smallest absolute Gasteiger partial charge is 0.361 e. The number of aromatic amines is 1. The highest BCUT2D eigenvalue weighted by Crippen LogP contribution is 2.34. The van der Waals surface area contributed by atoms with Crippen LogP contribution in [0, 0.1) is 46.5 Å². The Morgan fingerprint density at radius 2 is 0.925 bits per heavy atom. The predicted octanol–water partition coefficient (Wildman–Crippen LogP) is 11.6. The van der Waals surface area contributed by atoms with E-state index >= 15 is 0 Å². The maximum absolute atomic E-state index is 13.6. The summed E-state index contributed by atoms with van der Waals surface area (Å²) in [7, 11) is 3.14. The molecule has 0 saturated heterocycles. The zero-order valence-corrected chi connectivity index (χ0v) is 44.6. The molecule has 17 nitrogen and oxygen atoms in total. The first kappa shape index (κ1) is 60.8. The van der Waals surface area contributed by atoms with Crippen LogP contribution < -0.4 is 9.47 Å². The largest absolute Gasteiger partial charge is 0.497 e. The highest BCUT2D eigenvalue weighted by Gasteiger charge is 2.24. The maximum Gasteiger partial charge on any atom is 0.361 e. The molecule has 3 N–H and O–H groups in total. The van der Waals surface area contributed by atoms with Gasteiger partial charge in [-0.2, -0.15) is 5.21 Å². The van der Waals surface area contributed by atoms with Crippen molar-refractivity contribution in [2.24, 2.45) is 0 Å². The summed E-state index contributed by atoms with van der Waals surface area (Å²) in [4.78, 5) is 35.9. The van der Waals surface area contributed by atoms with Crippen LogP contribution in [0.2, 0.25) is 0 Å². The second-order valence-corrected chi connectivity index (χ2v) is 19.1. The molecule has 0 aliphatic rings. The molecule has 3 heterocycles. The summed E-state index contributed by atoms with van der Waals surface area (Å²) < 4.78 is 121. The zero-order chi connectivity index (χ0) is 58.0. The lowest BCUT2D eigenvalue weighted by Gasteiger charge is -2.09. The number of benzene rings is 6. The Balaban J connectivity index is 0.000000183.